The van der Waals surface area contributed by atoms with Crippen LogP contribution in [0.1, 0.15) is 26.9 Å². The standard InChI is InChI=1S/C23H21NO2S/c1-26-18-11-13-19(14-12-18)27-23-21-10-6-5-9-20(21)22(25)24(23)16-15-17-7-3-2-4-8-17/h2-14,23H,15-16H2,1H3. The number of hydrogen-bond acceptors (Lipinski definition) is 3. The average molecular weight is 375 g/mol. The average Bonchev–Trinajstić information content (AvgIpc) is 2.99. The third-order valence-corrected chi connectivity index (χ3v) is 6.07. The molecule has 1 aliphatic rings. The highest BCUT2D eigenvalue weighted by atomic mass is 32.2. The van der Waals surface area contributed by atoms with Crippen molar-refractivity contribution in [3.05, 3.63) is 95.6 Å². The van der Waals surface area contributed by atoms with E-state index in [4.69, 9.17) is 4.74 Å². The van der Waals surface area contributed by atoms with Gasteiger partial charge >= 0.3 is 0 Å². The van der Waals surface area contributed by atoms with Crippen LogP contribution >= 0.6 is 11.8 Å². The summed E-state index contributed by atoms with van der Waals surface area (Å²) in [5.74, 6) is 0.954. The first kappa shape index (κ1) is 17.7. The molecule has 136 valence electrons. The summed E-state index contributed by atoms with van der Waals surface area (Å²) in [4.78, 5) is 16.1. The lowest BCUT2D eigenvalue weighted by Gasteiger charge is -2.25. The Bertz CT molecular complexity index is 925. The van der Waals surface area contributed by atoms with Crippen molar-refractivity contribution in [1.29, 1.82) is 0 Å². The van der Waals surface area contributed by atoms with Crippen LogP contribution in [0.25, 0.3) is 0 Å². The van der Waals surface area contributed by atoms with Gasteiger partial charge in [0, 0.05) is 17.0 Å². The fourth-order valence-corrected chi connectivity index (χ4v) is 4.57. The Morgan fingerprint density at radius 2 is 1.63 bits per heavy atom. The maximum atomic E-state index is 13.0. The van der Waals surface area contributed by atoms with Crippen LogP contribution in [0.15, 0.2) is 83.8 Å². The number of benzene rings is 3. The van der Waals surface area contributed by atoms with E-state index in [1.165, 1.54) is 5.56 Å². The molecule has 1 amide bonds. The maximum absolute atomic E-state index is 13.0. The molecule has 0 bridgehead atoms. The molecule has 1 atom stereocenters. The predicted octanol–water partition coefficient (Wildman–Crippen LogP) is 5.18. The molecular weight excluding hydrogens is 354 g/mol. The fourth-order valence-electron chi connectivity index (χ4n) is 3.36. The van der Waals surface area contributed by atoms with Crippen molar-refractivity contribution in [3.8, 4) is 5.75 Å². The Balaban J connectivity index is 1.58. The minimum Gasteiger partial charge on any atom is -0.497 e. The number of carbonyl (C=O) groups is 1. The number of hydrogen-bond donors (Lipinski definition) is 0. The summed E-state index contributed by atoms with van der Waals surface area (Å²) in [5.41, 5.74) is 3.16. The normalized spacial score (nSPS) is 15.7. The molecule has 4 heteroatoms. The van der Waals surface area contributed by atoms with E-state index < -0.39 is 0 Å². The van der Waals surface area contributed by atoms with E-state index in [9.17, 15) is 4.79 Å². The van der Waals surface area contributed by atoms with Gasteiger partial charge in [0.15, 0.2) is 0 Å². The zero-order valence-corrected chi connectivity index (χ0v) is 16.0. The summed E-state index contributed by atoms with van der Waals surface area (Å²) in [6.45, 7) is 0.700. The van der Waals surface area contributed by atoms with Crippen molar-refractivity contribution in [1.82, 2.24) is 4.90 Å². The lowest BCUT2D eigenvalue weighted by molar-refractivity contribution is 0.0775. The van der Waals surface area contributed by atoms with Gasteiger partial charge in [-0.3, -0.25) is 4.79 Å². The summed E-state index contributed by atoms with van der Waals surface area (Å²) in [6, 6.07) is 26.3. The monoisotopic (exact) mass is 375 g/mol. The van der Waals surface area contributed by atoms with E-state index in [0.717, 1.165) is 28.2 Å². The van der Waals surface area contributed by atoms with E-state index >= 15 is 0 Å². The molecule has 1 unspecified atom stereocenters. The van der Waals surface area contributed by atoms with Crippen molar-refractivity contribution in [2.24, 2.45) is 0 Å². The minimum absolute atomic E-state index is 0.00851. The smallest absolute Gasteiger partial charge is 0.255 e. The molecule has 1 aliphatic heterocycles. The molecule has 4 rings (SSSR count). The minimum atomic E-state index is -0.00851. The molecule has 3 nitrogen and oxygen atoms in total. The molecule has 0 saturated heterocycles. The zero-order chi connectivity index (χ0) is 18.6. The molecule has 0 spiro atoms. The Kier molecular flexibility index (Phi) is 5.16. The molecule has 0 aromatic heterocycles. The lowest BCUT2D eigenvalue weighted by Crippen LogP contribution is -2.29. The Morgan fingerprint density at radius 3 is 2.37 bits per heavy atom. The van der Waals surface area contributed by atoms with Crippen LogP contribution in [0.2, 0.25) is 0 Å². The molecule has 1 heterocycles. The highest BCUT2D eigenvalue weighted by Crippen LogP contribution is 2.44. The molecule has 27 heavy (non-hydrogen) atoms. The molecule has 3 aromatic carbocycles. The number of fused-ring (bicyclic) bond motifs is 1. The number of rotatable bonds is 6. The van der Waals surface area contributed by atoms with Crippen LogP contribution in [-0.4, -0.2) is 24.5 Å². The summed E-state index contributed by atoms with van der Waals surface area (Å²) in [6.07, 6.45) is 0.847. The van der Waals surface area contributed by atoms with Crippen LogP contribution in [0.3, 0.4) is 0 Å². The van der Waals surface area contributed by atoms with Gasteiger partial charge in [0.25, 0.3) is 5.91 Å². The van der Waals surface area contributed by atoms with Gasteiger partial charge in [-0.1, -0.05) is 60.3 Å². The van der Waals surface area contributed by atoms with E-state index in [1.807, 2.05) is 65.6 Å². The first-order chi connectivity index (χ1) is 13.3. The highest BCUT2D eigenvalue weighted by Gasteiger charge is 2.36. The lowest BCUT2D eigenvalue weighted by atomic mass is 10.1. The fraction of sp³-hybridized carbons (Fsp3) is 0.174. The third-order valence-electron chi connectivity index (χ3n) is 4.79. The van der Waals surface area contributed by atoms with Crippen molar-refractivity contribution in [2.75, 3.05) is 13.7 Å². The van der Waals surface area contributed by atoms with Gasteiger partial charge in [0.05, 0.1) is 7.11 Å². The Morgan fingerprint density at radius 1 is 0.926 bits per heavy atom. The molecule has 0 aliphatic carbocycles. The molecule has 0 radical (unpaired) electrons. The third kappa shape index (κ3) is 3.71. The van der Waals surface area contributed by atoms with Gasteiger partial charge in [0.2, 0.25) is 0 Å². The highest BCUT2D eigenvalue weighted by molar-refractivity contribution is 7.99. The van der Waals surface area contributed by atoms with Crippen molar-refractivity contribution in [3.63, 3.8) is 0 Å². The van der Waals surface area contributed by atoms with Gasteiger partial charge in [-0.25, -0.2) is 0 Å². The van der Waals surface area contributed by atoms with Crippen molar-refractivity contribution in [2.45, 2.75) is 16.7 Å². The van der Waals surface area contributed by atoms with Gasteiger partial charge in [-0.2, -0.15) is 0 Å². The van der Waals surface area contributed by atoms with Gasteiger partial charge in [0.1, 0.15) is 11.1 Å². The molecule has 0 saturated carbocycles. The number of carbonyl (C=O) groups excluding carboxylic acids is 1. The van der Waals surface area contributed by atoms with Crippen LogP contribution < -0.4 is 4.74 Å². The number of nitrogens with zero attached hydrogens (tertiary/aromatic N) is 1. The van der Waals surface area contributed by atoms with Crippen LogP contribution in [-0.2, 0) is 6.42 Å². The van der Waals surface area contributed by atoms with Gasteiger partial charge in [-0.05, 0) is 47.9 Å². The van der Waals surface area contributed by atoms with E-state index in [1.54, 1.807) is 18.9 Å². The van der Waals surface area contributed by atoms with E-state index in [2.05, 4.69) is 18.2 Å². The number of thioether (sulfide) groups is 1. The van der Waals surface area contributed by atoms with Crippen LogP contribution in [0.5, 0.6) is 5.75 Å². The first-order valence-electron chi connectivity index (χ1n) is 9.01. The number of amides is 1. The van der Waals surface area contributed by atoms with Gasteiger partial charge < -0.3 is 9.64 Å². The second kappa shape index (κ2) is 7.89. The SMILES string of the molecule is COc1ccc(SC2c3ccccc3C(=O)N2CCc2ccccc2)cc1. The first-order valence-corrected chi connectivity index (χ1v) is 9.89. The number of methoxy groups -OCH3 is 1. The molecule has 0 fully saturated rings. The summed E-state index contributed by atoms with van der Waals surface area (Å²) in [7, 11) is 1.67. The van der Waals surface area contributed by atoms with Crippen LogP contribution in [0.4, 0.5) is 0 Å². The Hall–Kier alpha value is -2.72. The largest absolute Gasteiger partial charge is 0.497 e. The summed E-state index contributed by atoms with van der Waals surface area (Å²) < 4.78 is 5.25. The van der Waals surface area contributed by atoms with Crippen molar-refractivity contribution >= 4 is 17.7 Å². The quantitative estimate of drug-likeness (QED) is 0.594. The van der Waals surface area contributed by atoms with Crippen molar-refractivity contribution < 1.29 is 9.53 Å². The summed E-state index contributed by atoms with van der Waals surface area (Å²) >= 11 is 1.71. The van der Waals surface area contributed by atoms with E-state index in [0.29, 0.717) is 6.54 Å². The van der Waals surface area contributed by atoms with Gasteiger partial charge in [-0.15, -0.1) is 0 Å². The maximum Gasteiger partial charge on any atom is 0.255 e. The Labute approximate surface area is 164 Å². The molecular formula is C23H21NO2S. The second-order valence-corrected chi connectivity index (χ2v) is 7.62. The topological polar surface area (TPSA) is 29.5 Å². The molecule has 0 N–H and O–H groups in total. The number of ether oxygens (including phenoxy) is 1. The second-order valence-electron chi connectivity index (χ2n) is 6.47. The predicted molar refractivity (Wildman–Crippen MR) is 109 cm³/mol. The summed E-state index contributed by atoms with van der Waals surface area (Å²) in [5, 5.41) is -0.00851. The zero-order valence-electron chi connectivity index (χ0n) is 15.2. The molecule has 3 aromatic rings. The van der Waals surface area contributed by atoms with E-state index in [-0.39, 0.29) is 11.3 Å². The van der Waals surface area contributed by atoms with Crippen LogP contribution in [0, 0.1) is 0 Å².